The van der Waals surface area contributed by atoms with Crippen LogP contribution in [-0.2, 0) is 0 Å². The second-order valence-electron chi connectivity index (χ2n) is 20.3. The zero-order chi connectivity index (χ0) is 64.1. The van der Waals surface area contributed by atoms with Crippen molar-refractivity contribution in [1.29, 1.82) is 0 Å². The molecule has 9 N–H and O–H groups in total. The summed E-state index contributed by atoms with van der Waals surface area (Å²) in [5.41, 5.74) is 8.54. The number of rotatable bonds is 10. The summed E-state index contributed by atoms with van der Waals surface area (Å²) in [4.78, 5) is 34.5. The highest BCUT2D eigenvalue weighted by atomic mass is 15.2. The van der Waals surface area contributed by atoms with Gasteiger partial charge in [-0.2, -0.15) is 25.4 Å². The number of aromatic nitrogens is 16. The summed E-state index contributed by atoms with van der Waals surface area (Å²) in [5, 5.41) is 48.0. The highest BCUT2D eigenvalue weighted by Crippen LogP contribution is 2.28. The van der Waals surface area contributed by atoms with Crippen molar-refractivity contribution in [2.24, 2.45) is 0 Å². The van der Waals surface area contributed by atoms with Crippen LogP contribution in [0.2, 0.25) is 0 Å². The standard InChI is InChI=1S/C18H16N6.3C12H11N5.3C6H6/c1-12-11-16(24-23-12)21-17-14-9-5-6-10-15(14)20-18(22-17)19-13-7-3-2-4-8-13;3*1-8-6-11(17-16-8)15-12-9-4-2-3-5-10(9)13-7-14-12;3*1-2-4-6-5-3-1/h2-11H,1H3,(H3,19,20,21,22,23,24);3*2-7H,1H3,(H2,13,14,15,16,17);3*1-6H. The Hall–Kier alpha value is -13.0. The number of aromatic amines is 4. The highest BCUT2D eigenvalue weighted by Gasteiger charge is 2.11. The summed E-state index contributed by atoms with van der Waals surface area (Å²) < 4.78 is 0. The lowest BCUT2D eigenvalue weighted by atomic mass is 10.2. The van der Waals surface area contributed by atoms with Gasteiger partial charge in [-0.05, 0) is 88.4 Å². The maximum atomic E-state index is 4.61. The van der Waals surface area contributed by atoms with E-state index in [0.29, 0.717) is 11.8 Å². The van der Waals surface area contributed by atoms with Crippen molar-refractivity contribution >= 4 is 102 Å². The predicted octanol–water partition coefficient (Wildman–Crippen LogP) is 16.4. The van der Waals surface area contributed by atoms with E-state index in [0.717, 1.165) is 113 Å². The van der Waals surface area contributed by atoms with Gasteiger partial charge >= 0.3 is 0 Å². The van der Waals surface area contributed by atoms with E-state index in [1.807, 2.05) is 289 Å². The zero-order valence-corrected chi connectivity index (χ0v) is 51.4. The summed E-state index contributed by atoms with van der Waals surface area (Å²) in [6.45, 7) is 7.82. The molecule has 93 heavy (non-hydrogen) atoms. The number of anilines is 10. The number of hydrogen-bond donors (Lipinski definition) is 9. The Morgan fingerprint density at radius 1 is 0.247 bits per heavy atom. The van der Waals surface area contributed by atoms with Gasteiger partial charge in [-0.1, -0.05) is 176 Å². The van der Waals surface area contributed by atoms with Gasteiger partial charge in [0.15, 0.2) is 23.3 Å². The van der Waals surface area contributed by atoms with Crippen molar-refractivity contribution in [2.75, 3.05) is 26.6 Å². The average molecular weight is 1230 g/mol. The number of nitrogens with zero attached hydrogens (tertiary/aromatic N) is 12. The predicted molar refractivity (Wildman–Crippen MR) is 374 cm³/mol. The smallest absolute Gasteiger partial charge is 0.229 e. The number of para-hydroxylation sites is 5. The molecule has 0 bridgehead atoms. The molecule has 0 atom stereocenters. The molecular weight excluding hydrogens is 1160 g/mol. The molecule has 8 heterocycles. The van der Waals surface area contributed by atoms with Crippen LogP contribution in [0, 0.1) is 27.7 Å². The molecule has 0 saturated carbocycles. The number of H-pyrrole nitrogens is 4. The topological polar surface area (TPSA) is 278 Å². The van der Waals surface area contributed by atoms with Crippen molar-refractivity contribution in [2.45, 2.75) is 27.7 Å². The minimum Gasteiger partial charge on any atom is -0.324 e. The van der Waals surface area contributed by atoms with Crippen LogP contribution in [0.1, 0.15) is 22.8 Å². The van der Waals surface area contributed by atoms with E-state index in [4.69, 9.17) is 0 Å². The SMILES string of the molecule is Cc1cc(Nc2nc(Nc3ccccc3)nc3ccccc23)n[nH]1.Cc1cc(Nc2ncnc3ccccc23)n[nH]1.Cc1cc(Nc2ncnc3ccccc23)n[nH]1.Cc1cc(Nc2ncnc3ccccc23)n[nH]1.c1ccccc1.c1ccccc1.c1ccccc1. The van der Waals surface area contributed by atoms with Crippen molar-refractivity contribution in [1.82, 2.24) is 80.7 Å². The first-order chi connectivity index (χ1) is 45.8. The van der Waals surface area contributed by atoms with Crippen LogP contribution in [-0.4, -0.2) is 80.7 Å². The third kappa shape index (κ3) is 19.5. The zero-order valence-electron chi connectivity index (χ0n) is 51.4. The molecular formula is C72H67N21. The molecule has 8 aromatic heterocycles. The second kappa shape index (κ2) is 33.3. The fourth-order valence-corrected chi connectivity index (χ4v) is 8.76. The molecule has 0 radical (unpaired) electrons. The first-order valence-electron chi connectivity index (χ1n) is 29.6. The Morgan fingerprint density at radius 2 is 0.505 bits per heavy atom. The third-order valence-corrected chi connectivity index (χ3v) is 13.1. The van der Waals surface area contributed by atoms with Crippen LogP contribution in [0.3, 0.4) is 0 Å². The Morgan fingerprint density at radius 3 is 0.806 bits per heavy atom. The first-order valence-corrected chi connectivity index (χ1v) is 29.6. The van der Waals surface area contributed by atoms with Crippen LogP contribution in [0.4, 0.5) is 58.2 Å². The maximum Gasteiger partial charge on any atom is 0.229 e. The lowest BCUT2D eigenvalue weighted by Gasteiger charge is -2.10. The van der Waals surface area contributed by atoms with Gasteiger partial charge in [0.1, 0.15) is 42.3 Å². The van der Waals surface area contributed by atoms with E-state index in [2.05, 4.69) is 107 Å². The molecule has 0 aliphatic heterocycles. The van der Waals surface area contributed by atoms with Gasteiger partial charge < -0.3 is 26.6 Å². The van der Waals surface area contributed by atoms with Crippen molar-refractivity contribution in [3.8, 4) is 0 Å². The Kier molecular flexibility index (Phi) is 22.6. The molecule has 16 aromatic rings. The normalized spacial score (nSPS) is 10.2. The Balaban J connectivity index is 0.000000125. The van der Waals surface area contributed by atoms with Crippen molar-refractivity contribution in [3.63, 3.8) is 0 Å². The minimum atomic E-state index is 0.537. The van der Waals surface area contributed by atoms with E-state index in [9.17, 15) is 0 Å². The summed E-state index contributed by atoms with van der Waals surface area (Å²) in [6, 6.07) is 85.0. The molecule has 0 spiro atoms. The molecule has 460 valence electrons. The van der Waals surface area contributed by atoms with Crippen LogP contribution >= 0.6 is 0 Å². The molecule has 0 unspecified atom stereocenters. The number of nitrogens with one attached hydrogen (secondary N) is 9. The van der Waals surface area contributed by atoms with Crippen LogP contribution in [0.25, 0.3) is 43.6 Å². The monoisotopic (exact) mass is 1230 g/mol. The molecule has 0 aliphatic carbocycles. The first kappa shape index (κ1) is 63.0. The molecule has 0 aliphatic rings. The number of aryl methyl sites for hydroxylation is 4. The molecule has 0 fully saturated rings. The second-order valence-corrected chi connectivity index (χ2v) is 20.3. The van der Waals surface area contributed by atoms with Gasteiger partial charge in [0.05, 0.1) is 22.1 Å². The minimum absolute atomic E-state index is 0.537. The van der Waals surface area contributed by atoms with Crippen LogP contribution in [0.15, 0.2) is 280 Å². The molecule has 21 heteroatoms. The van der Waals surface area contributed by atoms with E-state index < -0.39 is 0 Å². The fraction of sp³-hybridized carbons (Fsp3) is 0.0556. The molecule has 21 nitrogen and oxygen atoms in total. The number of hydrogen-bond acceptors (Lipinski definition) is 17. The third-order valence-electron chi connectivity index (χ3n) is 13.1. The lowest BCUT2D eigenvalue weighted by molar-refractivity contribution is 1.05. The van der Waals surface area contributed by atoms with E-state index >= 15 is 0 Å². The largest absolute Gasteiger partial charge is 0.324 e. The summed E-state index contributed by atoms with van der Waals surface area (Å²) >= 11 is 0. The van der Waals surface area contributed by atoms with Gasteiger partial charge in [0.25, 0.3) is 0 Å². The van der Waals surface area contributed by atoms with Gasteiger partial charge in [-0.25, -0.2) is 34.9 Å². The quantitative estimate of drug-likeness (QED) is 0.0615. The number of fused-ring (bicyclic) bond motifs is 4. The maximum absolute atomic E-state index is 4.61. The van der Waals surface area contributed by atoms with Crippen LogP contribution < -0.4 is 26.6 Å². The fourth-order valence-electron chi connectivity index (χ4n) is 8.76. The van der Waals surface area contributed by atoms with Crippen LogP contribution in [0.5, 0.6) is 0 Å². The lowest BCUT2D eigenvalue weighted by Crippen LogP contribution is -2.02. The molecule has 0 saturated heterocycles. The highest BCUT2D eigenvalue weighted by molar-refractivity contribution is 5.93. The van der Waals surface area contributed by atoms with Gasteiger partial charge in [0, 0.05) is 74.3 Å². The Bertz CT molecular complexity index is 4360. The summed E-state index contributed by atoms with van der Waals surface area (Å²) in [5.74, 6) is 6.54. The van der Waals surface area contributed by atoms with E-state index in [-0.39, 0.29) is 0 Å². The van der Waals surface area contributed by atoms with Crippen molar-refractivity contribution in [3.05, 3.63) is 303 Å². The van der Waals surface area contributed by atoms with Crippen molar-refractivity contribution < 1.29 is 0 Å². The Labute approximate surface area is 536 Å². The van der Waals surface area contributed by atoms with E-state index in [1.54, 1.807) is 19.0 Å². The van der Waals surface area contributed by atoms with Gasteiger partial charge in [0.2, 0.25) is 5.95 Å². The molecule has 0 amide bonds. The van der Waals surface area contributed by atoms with Gasteiger partial charge in [-0.15, -0.1) is 0 Å². The summed E-state index contributed by atoms with van der Waals surface area (Å²) in [7, 11) is 0. The van der Waals surface area contributed by atoms with E-state index in [1.165, 1.54) is 0 Å². The molecule has 8 aromatic carbocycles. The summed E-state index contributed by atoms with van der Waals surface area (Å²) in [6.07, 6.45) is 4.64. The number of benzene rings is 8. The average Bonchev–Trinajstić information content (AvgIpc) is 2.20. The van der Waals surface area contributed by atoms with Gasteiger partial charge in [-0.3, -0.25) is 20.4 Å². The molecule has 16 rings (SSSR count).